The third-order valence-corrected chi connectivity index (χ3v) is 5.64. The van der Waals surface area contributed by atoms with E-state index < -0.39 is 0 Å². The molecule has 1 aromatic carbocycles. The van der Waals surface area contributed by atoms with Crippen LogP contribution in [0.2, 0.25) is 5.02 Å². The number of rotatable bonds is 7. The molecular formula is C24H24ClN5O2. The molecule has 1 fully saturated rings. The van der Waals surface area contributed by atoms with Gasteiger partial charge in [-0.25, -0.2) is 4.98 Å². The first-order valence-corrected chi connectivity index (χ1v) is 10.8. The lowest BCUT2D eigenvalue weighted by Crippen LogP contribution is -2.30. The molecule has 3 N–H and O–H groups in total. The number of nitrogens with two attached hydrogens (primary N) is 1. The molecule has 4 rings (SSSR count). The molecule has 164 valence electrons. The Morgan fingerprint density at radius 1 is 1.19 bits per heavy atom. The average Bonchev–Trinajstić information content (AvgIpc) is 3.60. The zero-order chi connectivity index (χ0) is 22.7. The average molecular weight is 450 g/mol. The summed E-state index contributed by atoms with van der Waals surface area (Å²) in [5, 5.41) is 3.30. The van der Waals surface area contributed by atoms with Gasteiger partial charge in [-0.05, 0) is 55.2 Å². The number of carbonyl (C=O) groups excluding carboxylic acids is 2. The summed E-state index contributed by atoms with van der Waals surface area (Å²) in [4.78, 5) is 34.8. The van der Waals surface area contributed by atoms with Crippen LogP contribution < -0.4 is 16.0 Å². The number of aromatic nitrogens is 2. The third-order valence-electron chi connectivity index (χ3n) is 5.34. The number of nitrogens with one attached hydrogen (secondary N) is 1. The lowest BCUT2D eigenvalue weighted by atomic mass is 10.1. The van der Waals surface area contributed by atoms with Gasteiger partial charge in [0.15, 0.2) is 0 Å². The highest BCUT2D eigenvalue weighted by Crippen LogP contribution is 2.35. The Kier molecular flexibility index (Phi) is 6.37. The maximum atomic E-state index is 12.4. The highest BCUT2D eigenvalue weighted by Gasteiger charge is 2.27. The summed E-state index contributed by atoms with van der Waals surface area (Å²) < 4.78 is 0. The molecule has 0 spiro atoms. The molecule has 0 bridgehead atoms. The fraction of sp³-hybridized carbons (Fsp3) is 0.250. The second-order valence-electron chi connectivity index (χ2n) is 7.91. The van der Waals surface area contributed by atoms with E-state index >= 15 is 0 Å². The Balaban J connectivity index is 1.44. The number of pyridine rings is 2. The molecule has 3 aromatic rings. The smallest absolute Gasteiger partial charge is 0.253 e. The molecule has 2 heterocycles. The quantitative estimate of drug-likeness (QED) is 0.566. The molecule has 2 amide bonds. The van der Waals surface area contributed by atoms with Crippen LogP contribution in [0.1, 0.15) is 35.8 Å². The monoisotopic (exact) mass is 449 g/mol. The number of amides is 2. The van der Waals surface area contributed by atoms with Crippen LogP contribution in [-0.2, 0) is 11.3 Å². The highest BCUT2D eigenvalue weighted by molar-refractivity contribution is 6.34. The summed E-state index contributed by atoms with van der Waals surface area (Å²) in [5.41, 5.74) is 8.98. The Morgan fingerprint density at radius 3 is 2.62 bits per heavy atom. The van der Waals surface area contributed by atoms with Crippen LogP contribution in [0, 0.1) is 5.92 Å². The molecule has 0 saturated heterocycles. The molecule has 1 saturated carbocycles. The second-order valence-corrected chi connectivity index (χ2v) is 8.31. The predicted molar refractivity (Wildman–Crippen MR) is 125 cm³/mol. The van der Waals surface area contributed by atoms with E-state index in [1.165, 1.54) is 6.20 Å². The van der Waals surface area contributed by atoms with E-state index in [-0.39, 0.29) is 18.4 Å². The highest BCUT2D eigenvalue weighted by atomic mass is 35.5. The number of benzene rings is 1. The van der Waals surface area contributed by atoms with Gasteiger partial charge in [-0.2, -0.15) is 0 Å². The van der Waals surface area contributed by atoms with Crippen molar-refractivity contribution >= 4 is 34.9 Å². The number of nitrogens with zero attached hydrogens (tertiary/aromatic N) is 3. The summed E-state index contributed by atoms with van der Waals surface area (Å²) >= 11 is 6.51. The molecule has 8 heteroatoms. The summed E-state index contributed by atoms with van der Waals surface area (Å²) in [6.07, 6.45) is 3.83. The van der Waals surface area contributed by atoms with Gasteiger partial charge in [0.1, 0.15) is 5.82 Å². The zero-order valence-corrected chi connectivity index (χ0v) is 18.5. The van der Waals surface area contributed by atoms with Gasteiger partial charge < -0.3 is 16.0 Å². The van der Waals surface area contributed by atoms with Crippen molar-refractivity contribution in [1.29, 1.82) is 0 Å². The van der Waals surface area contributed by atoms with Crippen molar-refractivity contribution in [3.8, 4) is 11.3 Å². The van der Waals surface area contributed by atoms with Gasteiger partial charge >= 0.3 is 0 Å². The van der Waals surface area contributed by atoms with Gasteiger partial charge in [0, 0.05) is 25.2 Å². The first-order chi connectivity index (χ1) is 15.4. The fourth-order valence-corrected chi connectivity index (χ4v) is 3.69. The van der Waals surface area contributed by atoms with Gasteiger partial charge in [-0.1, -0.05) is 23.7 Å². The molecule has 0 aliphatic heterocycles. The number of halogens is 1. The number of nitrogen functional groups attached to an aromatic ring is 1. The summed E-state index contributed by atoms with van der Waals surface area (Å²) in [7, 11) is 0. The minimum absolute atomic E-state index is 0.0200. The summed E-state index contributed by atoms with van der Waals surface area (Å²) in [6.45, 7) is 2.53. The van der Waals surface area contributed by atoms with E-state index in [1.807, 2.05) is 12.1 Å². The first kappa shape index (κ1) is 21.8. The van der Waals surface area contributed by atoms with E-state index in [1.54, 1.807) is 48.2 Å². The Morgan fingerprint density at radius 2 is 2.00 bits per heavy atom. The fourth-order valence-electron chi connectivity index (χ4n) is 3.41. The normalized spacial score (nSPS) is 12.9. The number of carbonyl (C=O) groups is 2. The molecule has 2 aromatic heterocycles. The van der Waals surface area contributed by atoms with Crippen LogP contribution >= 0.6 is 11.6 Å². The Hall–Kier alpha value is -3.45. The van der Waals surface area contributed by atoms with E-state index in [2.05, 4.69) is 15.3 Å². The maximum absolute atomic E-state index is 12.4. The molecule has 0 unspecified atom stereocenters. The number of hydrogen-bond donors (Lipinski definition) is 2. The van der Waals surface area contributed by atoms with Gasteiger partial charge in [-0.3, -0.25) is 14.6 Å². The summed E-state index contributed by atoms with van der Waals surface area (Å²) in [5.74, 6) is 0.698. The number of anilines is 2. The maximum Gasteiger partial charge on any atom is 0.253 e. The van der Waals surface area contributed by atoms with Crippen LogP contribution in [0.15, 0.2) is 54.7 Å². The SMILES string of the molecule is CC(=O)N(CC1CC1)c1ccc(-c2ccc(C(=O)NCc3cccc(N)n3)cn2)cc1Cl. The molecule has 0 atom stereocenters. The van der Waals surface area contributed by atoms with Crippen LogP contribution in [0.25, 0.3) is 11.3 Å². The molecule has 0 radical (unpaired) electrons. The number of hydrogen-bond acceptors (Lipinski definition) is 5. The molecular weight excluding hydrogens is 426 g/mol. The molecule has 1 aliphatic rings. The van der Waals surface area contributed by atoms with Gasteiger partial charge in [0.2, 0.25) is 5.91 Å². The van der Waals surface area contributed by atoms with Gasteiger partial charge in [-0.15, -0.1) is 0 Å². The van der Waals surface area contributed by atoms with Gasteiger partial charge in [0.25, 0.3) is 5.91 Å². The summed E-state index contributed by atoms with van der Waals surface area (Å²) in [6, 6.07) is 14.3. The van der Waals surface area contributed by atoms with Crippen molar-refractivity contribution in [2.45, 2.75) is 26.3 Å². The van der Waals surface area contributed by atoms with Crippen molar-refractivity contribution in [1.82, 2.24) is 15.3 Å². The third kappa shape index (κ3) is 5.23. The second kappa shape index (κ2) is 9.36. The van der Waals surface area contributed by atoms with Crippen molar-refractivity contribution in [3.63, 3.8) is 0 Å². The van der Waals surface area contributed by atoms with Crippen LogP contribution in [0.4, 0.5) is 11.5 Å². The minimum atomic E-state index is -0.251. The van der Waals surface area contributed by atoms with Crippen molar-refractivity contribution < 1.29 is 9.59 Å². The Labute approximate surface area is 191 Å². The van der Waals surface area contributed by atoms with E-state index in [4.69, 9.17) is 17.3 Å². The van der Waals surface area contributed by atoms with Crippen molar-refractivity contribution in [2.75, 3.05) is 17.2 Å². The Bertz CT molecular complexity index is 1150. The van der Waals surface area contributed by atoms with Crippen LogP contribution in [-0.4, -0.2) is 28.3 Å². The van der Waals surface area contributed by atoms with E-state index in [0.717, 1.165) is 18.4 Å². The molecule has 1 aliphatic carbocycles. The molecule has 32 heavy (non-hydrogen) atoms. The standard InChI is InChI=1S/C24H24ClN5O2/c1-15(31)30(14-16-5-6-16)22-10-8-17(11-20(22)25)21-9-7-18(12-27-21)24(32)28-13-19-3-2-4-23(26)29-19/h2-4,7-12,16H,5-6,13-14H2,1H3,(H2,26,29)(H,28,32). The first-order valence-electron chi connectivity index (χ1n) is 10.4. The molecule has 7 nitrogen and oxygen atoms in total. The van der Waals surface area contributed by atoms with Crippen molar-refractivity contribution in [2.24, 2.45) is 5.92 Å². The largest absolute Gasteiger partial charge is 0.384 e. The van der Waals surface area contributed by atoms with Crippen molar-refractivity contribution in [3.05, 3.63) is 71.0 Å². The van der Waals surface area contributed by atoms with E-state index in [9.17, 15) is 9.59 Å². The van der Waals surface area contributed by atoms with Crippen LogP contribution in [0.5, 0.6) is 0 Å². The van der Waals surface area contributed by atoms with Gasteiger partial charge in [0.05, 0.1) is 34.2 Å². The lowest BCUT2D eigenvalue weighted by Gasteiger charge is -2.22. The zero-order valence-electron chi connectivity index (χ0n) is 17.7. The van der Waals surface area contributed by atoms with E-state index in [0.29, 0.717) is 45.9 Å². The topological polar surface area (TPSA) is 101 Å². The predicted octanol–water partition coefficient (Wildman–Crippen LogP) is 4.07. The van der Waals surface area contributed by atoms with Crippen LogP contribution in [0.3, 0.4) is 0 Å². The minimum Gasteiger partial charge on any atom is -0.384 e. The lowest BCUT2D eigenvalue weighted by molar-refractivity contribution is -0.116.